The molecule has 0 aromatic carbocycles. The number of rotatable bonds is 4. The molecular formula is C8H16N2O2. The maximum Gasteiger partial charge on any atom is 0.236 e. The molecule has 2 N–H and O–H groups in total. The van der Waals surface area contributed by atoms with Crippen LogP contribution in [0.3, 0.4) is 0 Å². The maximum atomic E-state index is 11.1. The van der Waals surface area contributed by atoms with Gasteiger partial charge in [0.25, 0.3) is 0 Å². The van der Waals surface area contributed by atoms with Gasteiger partial charge in [-0.05, 0) is 0 Å². The van der Waals surface area contributed by atoms with Crippen molar-refractivity contribution in [3.05, 3.63) is 0 Å². The molecule has 0 spiro atoms. The molecule has 0 atom stereocenters. The van der Waals surface area contributed by atoms with E-state index in [-0.39, 0.29) is 30.7 Å². The number of hydrogen-bond acceptors (Lipinski definition) is 3. The molecule has 0 aliphatic rings. The summed E-state index contributed by atoms with van der Waals surface area (Å²) < 4.78 is 0. The number of Topliss-reactive ketones (excluding diaryl/α,β-unsaturated/α-hetero) is 1. The Morgan fingerprint density at radius 1 is 1.42 bits per heavy atom. The molecule has 0 unspecified atom stereocenters. The number of likely N-dealkylation sites (N-methyl/N-ethyl adjacent to an activating group) is 1. The zero-order chi connectivity index (χ0) is 9.72. The molecule has 0 aromatic heterocycles. The highest BCUT2D eigenvalue weighted by atomic mass is 16.2. The van der Waals surface area contributed by atoms with Gasteiger partial charge >= 0.3 is 0 Å². The summed E-state index contributed by atoms with van der Waals surface area (Å²) in [6.07, 6.45) is 0. The van der Waals surface area contributed by atoms with E-state index < -0.39 is 0 Å². The van der Waals surface area contributed by atoms with E-state index in [1.165, 1.54) is 4.90 Å². The van der Waals surface area contributed by atoms with Crippen molar-refractivity contribution in [2.24, 2.45) is 11.7 Å². The molecule has 4 heteroatoms. The van der Waals surface area contributed by atoms with Crippen LogP contribution in [0.4, 0.5) is 0 Å². The van der Waals surface area contributed by atoms with E-state index in [1.54, 1.807) is 7.05 Å². The van der Waals surface area contributed by atoms with Gasteiger partial charge in [-0.2, -0.15) is 0 Å². The zero-order valence-corrected chi connectivity index (χ0v) is 7.83. The first-order chi connectivity index (χ1) is 5.49. The predicted octanol–water partition coefficient (Wildman–Crippen LogP) is -0.371. The van der Waals surface area contributed by atoms with E-state index in [0.29, 0.717) is 0 Å². The van der Waals surface area contributed by atoms with Crippen LogP contribution in [0.5, 0.6) is 0 Å². The molecule has 0 saturated heterocycles. The highest BCUT2D eigenvalue weighted by molar-refractivity contribution is 5.87. The zero-order valence-electron chi connectivity index (χ0n) is 7.83. The first kappa shape index (κ1) is 11.1. The Labute approximate surface area is 72.7 Å². The van der Waals surface area contributed by atoms with Crippen molar-refractivity contribution < 1.29 is 9.59 Å². The summed E-state index contributed by atoms with van der Waals surface area (Å²) in [4.78, 5) is 23.4. The molecule has 0 heterocycles. The van der Waals surface area contributed by atoms with Gasteiger partial charge in [-0.15, -0.1) is 0 Å². The largest absolute Gasteiger partial charge is 0.337 e. The fourth-order valence-corrected chi connectivity index (χ4v) is 0.660. The summed E-state index contributed by atoms with van der Waals surface area (Å²) in [7, 11) is 1.58. The van der Waals surface area contributed by atoms with Gasteiger partial charge in [-0.25, -0.2) is 0 Å². The number of nitrogens with zero attached hydrogens (tertiary/aromatic N) is 1. The van der Waals surface area contributed by atoms with E-state index >= 15 is 0 Å². The molecule has 0 aliphatic carbocycles. The van der Waals surface area contributed by atoms with Crippen molar-refractivity contribution in [2.45, 2.75) is 13.8 Å². The van der Waals surface area contributed by atoms with Gasteiger partial charge < -0.3 is 10.6 Å². The van der Waals surface area contributed by atoms with E-state index in [1.807, 2.05) is 13.8 Å². The number of carbonyl (C=O) groups is 2. The van der Waals surface area contributed by atoms with Crippen LogP contribution in [0.25, 0.3) is 0 Å². The molecule has 4 nitrogen and oxygen atoms in total. The van der Waals surface area contributed by atoms with Crippen molar-refractivity contribution in [1.82, 2.24) is 4.90 Å². The molecular weight excluding hydrogens is 156 g/mol. The van der Waals surface area contributed by atoms with Crippen molar-refractivity contribution >= 4 is 11.7 Å². The lowest BCUT2D eigenvalue weighted by molar-refractivity contribution is -0.133. The summed E-state index contributed by atoms with van der Waals surface area (Å²) in [6.45, 7) is 3.74. The fourth-order valence-electron chi connectivity index (χ4n) is 0.660. The molecule has 0 fully saturated rings. The van der Waals surface area contributed by atoms with Crippen molar-refractivity contribution in [3.63, 3.8) is 0 Å². The van der Waals surface area contributed by atoms with Crippen LogP contribution in [0, 0.1) is 5.92 Å². The minimum absolute atomic E-state index is 0.0296. The van der Waals surface area contributed by atoms with Gasteiger partial charge in [-0.3, -0.25) is 9.59 Å². The van der Waals surface area contributed by atoms with Crippen LogP contribution in [0.15, 0.2) is 0 Å². The number of carbonyl (C=O) groups excluding carboxylic acids is 2. The SMILES string of the molecule is CC(C)C(=O)CN(C)C(=O)CN. The summed E-state index contributed by atoms with van der Waals surface area (Å²) in [6, 6.07) is 0. The van der Waals surface area contributed by atoms with Crippen molar-refractivity contribution in [2.75, 3.05) is 20.1 Å². The number of ketones is 1. The molecule has 0 saturated carbocycles. The monoisotopic (exact) mass is 172 g/mol. The number of hydrogen-bond donors (Lipinski definition) is 1. The van der Waals surface area contributed by atoms with Gasteiger partial charge in [0, 0.05) is 13.0 Å². The van der Waals surface area contributed by atoms with Crippen LogP contribution in [-0.4, -0.2) is 36.7 Å². The lowest BCUT2D eigenvalue weighted by Gasteiger charge is -2.16. The lowest BCUT2D eigenvalue weighted by Crippen LogP contribution is -2.37. The Bertz CT molecular complexity index is 178. The first-order valence-corrected chi connectivity index (χ1v) is 3.95. The van der Waals surface area contributed by atoms with Gasteiger partial charge in [0.15, 0.2) is 5.78 Å². The summed E-state index contributed by atoms with van der Waals surface area (Å²) in [5.74, 6) is -0.179. The molecule has 0 bridgehead atoms. The minimum Gasteiger partial charge on any atom is -0.337 e. The van der Waals surface area contributed by atoms with Crippen LogP contribution >= 0.6 is 0 Å². The smallest absolute Gasteiger partial charge is 0.236 e. The quantitative estimate of drug-likeness (QED) is 0.629. The lowest BCUT2D eigenvalue weighted by atomic mass is 10.1. The number of nitrogens with two attached hydrogens (primary N) is 1. The average molecular weight is 172 g/mol. The van der Waals surface area contributed by atoms with Gasteiger partial charge in [-0.1, -0.05) is 13.8 Å². The predicted molar refractivity (Wildman–Crippen MR) is 46.5 cm³/mol. The molecule has 0 radical (unpaired) electrons. The molecule has 1 amide bonds. The summed E-state index contributed by atoms with van der Waals surface area (Å²) in [5.41, 5.74) is 5.12. The Morgan fingerprint density at radius 3 is 2.25 bits per heavy atom. The summed E-state index contributed by atoms with van der Waals surface area (Å²) in [5, 5.41) is 0. The Hall–Kier alpha value is -0.900. The van der Waals surface area contributed by atoms with Gasteiger partial charge in [0.05, 0.1) is 13.1 Å². The maximum absolute atomic E-state index is 11.1. The average Bonchev–Trinajstić information content (AvgIpc) is 2.02. The number of amides is 1. The highest BCUT2D eigenvalue weighted by Crippen LogP contribution is 1.95. The first-order valence-electron chi connectivity index (χ1n) is 3.95. The fraction of sp³-hybridized carbons (Fsp3) is 0.750. The van der Waals surface area contributed by atoms with E-state index in [0.717, 1.165) is 0 Å². The minimum atomic E-state index is -0.205. The topological polar surface area (TPSA) is 63.4 Å². The van der Waals surface area contributed by atoms with E-state index in [4.69, 9.17) is 5.73 Å². The Kier molecular flexibility index (Phi) is 4.51. The second-order valence-corrected chi connectivity index (χ2v) is 3.07. The van der Waals surface area contributed by atoms with Crippen LogP contribution in [0.2, 0.25) is 0 Å². The normalized spacial score (nSPS) is 10.1. The molecule has 12 heavy (non-hydrogen) atoms. The Balaban J connectivity index is 3.92. The molecule has 0 rings (SSSR count). The third kappa shape index (κ3) is 3.48. The van der Waals surface area contributed by atoms with Crippen LogP contribution < -0.4 is 5.73 Å². The molecule has 0 aromatic rings. The highest BCUT2D eigenvalue weighted by Gasteiger charge is 2.13. The third-order valence-corrected chi connectivity index (χ3v) is 1.64. The van der Waals surface area contributed by atoms with Crippen molar-refractivity contribution in [1.29, 1.82) is 0 Å². The van der Waals surface area contributed by atoms with Crippen LogP contribution in [-0.2, 0) is 9.59 Å². The molecule has 70 valence electrons. The van der Waals surface area contributed by atoms with Gasteiger partial charge in [0.1, 0.15) is 0 Å². The van der Waals surface area contributed by atoms with Crippen molar-refractivity contribution in [3.8, 4) is 0 Å². The Morgan fingerprint density at radius 2 is 1.92 bits per heavy atom. The van der Waals surface area contributed by atoms with Crippen LogP contribution in [0.1, 0.15) is 13.8 Å². The van der Waals surface area contributed by atoms with E-state index in [9.17, 15) is 9.59 Å². The third-order valence-electron chi connectivity index (χ3n) is 1.64. The standard InChI is InChI=1S/C8H16N2O2/c1-6(2)7(11)5-10(3)8(12)4-9/h6H,4-5,9H2,1-3H3. The second kappa shape index (κ2) is 4.87. The summed E-state index contributed by atoms with van der Waals surface area (Å²) >= 11 is 0. The molecule has 0 aliphatic heterocycles. The van der Waals surface area contributed by atoms with Gasteiger partial charge in [0.2, 0.25) is 5.91 Å². The second-order valence-electron chi connectivity index (χ2n) is 3.07. The van der Waals surface area contributed by atoms with E-state index in [2.05, 4.69) is 0 Å².